The van der Waals surface area contributed by atoms with Crippen LogP contribution in [-0.4, -0.2) is 35.9 Å². The van der Waals surface area contributed by atoms with Crippen molar-refractivity contribution in [3.05, 3.63) is 11.6 Å². The lowest BCUT2D eigenvalue weighted by atomic mass is 9.66. The van der Waals surface area contributed by atoms with Crippen molar-refractivity contribution in [2.45, 2.75) is 95.5 Å². The van der Waals surface area contributed by atoms with Crippen molar-refractivity contribution in [3.8, 4) is 0 Å². The van der Waals surface area contributed by atoms with Gasteiger partial charge >= 0.3 is 0 Å². The normalized spacial score (nSPS) is 47.5. The molecule has 26 heavy (non-hydrogen) atoms. The minimum atomic E-state index is -1.72. The summed E-state index contributed by atoms with van der Waals surface area (Å²) in [4.78, 5) is 0. The number of rotatable bonds is 4. The van der Waals surface area contributed by atoms with E-state index in [1.54, 1.807) is 0 Å². The third kappa shape index (κ3) is 4.28. The number of hydrogen-bond donors (Lipinski definition) is 1. The molecule has 3 aliphatic carbocycles. The molecule has 0 saturated heterocycles. The van der Waals surface area contributed by atoms with E-state index in [0.29, 0.717) is 5.92 Å². The van der Waals surface area contributed by atoms with Gasteiger partial charge in [0.05, 0.1) is 0 Å². The minimum Gasteiger partial charge on any atom is -0.387 e. The first-order valence-electron chi connectivity index (χ1n) is 10.3. The summed E-state index contributed by atoms with van der Waals surface area (Å²) in [5, 5.41) is 9.42. The third-order valence-electron chi connectivity index (χ3n) is 6.97. The zero-order chi connectivity index (χ0) is 18.8. The Morgan fingerprint density at radius 1 is 0.962 bits per heavy atom. The Kier molecular flexibility index (Phi) is 6.68. The molecule has 5 unspecified atom stereocenters. The van der Waals surface area contributed by atoms with Gasteiger partial charge in [0.2, 0.25) is 0 Å². The van der Waals surface area contributed by atoms with Crippen LogP contribution in [0.5, 0.6) is 0 Å². The summed E-state index contributed by atoms with van der Waals surface area (Å²) < 4.78 is 57.3. The molecule has 2 saturated carbocycles. The number of hydrogen-bond acceptors (Lipinski definition) is 1. The first-order valence-corrected chi connectivity index (χ1v) is 10.3. The Labute approximate surface area is 154 Å². The van der Waals surface area contributed by atoms with Crippen LogP contribution in [0.4, 0.5) is 17.6 Å². The second-order valence-corrected chi connectivity index (χ2v) is 8.74. The van der Waals surface area contributed by atoms with Gasteiger partial charge in [0.15, 0.2) is 0 Å². The van der Waals surface area contributed by atoms with Crippen LogP contribution in [0.3, 0.4) is 0 Å². The first kappa shape index (κ1) is 20.2. The maximum atomic E-state index is 14.9. The second kappa shape index (κ2) is 8.62. The molecule has 5 atom stereocenters. The second-order valence-electron chi connectivity index (χ2n) is 8.74. The Morgan fingerprint density at radius 2 is 1.58 bits per heavy atom. The fraction of sp³-hybridized carbons (Fsp3) is 0.905. The largest absolute Gasteiger partial charge is 0.387 e. The van der Waals surface area contributed by atoms with Crippen LogP contribution >= 0.6 is 0 Å². The monoisotopic (exact) mass is 376 g/mol. The van der Waals surface area contributed by atoms with Crippen molar-refractivity contribution in [2.75, 3.05) is 0 Å². The summed E-state index contributed by atoms with van der Waals surface area (Å²) in [6, 6.07) is 0. The third-order valence-corrected chi connectivity index (χ3v) is 6.97. The Bertz CT molecular complexity index is 472. The Balaban J connectivity index is 1.61. The summed E-state index contributed by atoms with van der Waals surface area (Å²) in [5.41, 5.74) is 1.19. The van der Waals surface area contributed by atoms with Crippen LogP contribution in [0.25, 0.3) is 0 Å². The van der Waals surface area contributed by atoms with Gasteiger partial charge in [-0.15, -0.1) is 0 Å². The highest BCUT2D eigenvalue weighted by Crippen LogP contribution is 2.47. The van der Waals surface area contributed by atoms with E-state index in [2.05, 4.69) is 13.0 Å². The summed E-state index contributed by atoms with van der Waals surface area (Å²) in [6.45, 7) is 2.18. The minimum absolute atomic E-state index is 0.0737. The predicted octanol–water partition coefficient (Wildman–Crippen LogP) is 5.66. The van der Waals surface area contributed by atoms with Crippen molar-refractivity contribution in [1.82, 2.24) is 0 Å². The van der Waals surface area contributed by atoms with Gasteiger partial charge in [0, 0.05) is 5.92 Å². The summed E-state index contributed by atoms with van der Waals surface area (Å²) in [5.74, 6) is -0.981. The van der Waals surface area contributed by atoms with E-state index in [1.807, 2.05) is 0 Å². The standard InChI is InChI=1S/C21H32F4O/c1-2-3-12-4-6-13(7-5-12)14-8-16(22)20(17(23)9-14)15-10-18(24)21(26)19(25)11-15/h6,12,14-21,26H,2-5,7-11H2,1H3. The fourth-order valence-electron chi connectivity index (χ4n) is 5.52. The Hall–Kier alpha value is -0.580. The molecule has 1 nitrogen and oxygen atoms in total. The SMILES string of the molecule is CCCC1CC=C(C2CC(F)C(C3CC(F)C(O)C(F)C3)C(F)C2)CC1. The Morgan fingerprint density at radius 3 is 2.08 bits per heavy atom. The van der Waals surface area contributed by atoms with Gasteiger partial charge in [-0.25, -0.2) is 17.6 Å². The number of allylic oxidation sites excluding steroid dienone is 2. The van der Waals surface area contributed by atoms with Gasteiger partial charge in [-0.05, 0) is 62.7 Å². The molecular weight excluding hydrogens is 344 g/mol. The van der Waals surface area contributed by atoms with Crippen LogP contribution in [0.15, 0.2) is 11.6 Å². The number of alkyl halides is 4. The van der Waals surface area contributed by atoms with E-state index in [4.69, 9.17) is 0 Å². The van der Waals surface area contributed by atoms with Gasteiger partial charge in [0.1, 0.15) is 30.8 Å². The molecule has 0 aromatic carbocycles. The maximum Gasteiger partial charge on any atom is 0.129 e. The topological polar surface area (TPSA) is 20.2 Å². The molecule has 1 N–H and O–H groups in total. The summed E-state index contributed by atoms with van der Waals surface area (Å²) in [6.07, 6.45) is 0.0195. The highest BCUT2D eigenvalue weighted by molar-refractivity contribution is 5.14. The highest BCUT2D eigenvalue weighted by atomic mass is 19.2. The molecule has 150 valence electrons. The summed E-state index contributed by atoms with van der Waals surface area (Å²) in [7, 11) is 0. The number of halogens is 4. The van der Waals surface area contributed by atoms with Crippen molar-refractivity contribution >= 4 is 0 Å². The molecular formula is C21H32F4O. The van der Waals surface area contributed by atoms with E-state index in [0.717, 1.165) is 19.3 Å². The quantitative estimate of drug-likeness (QED) is 0.496. The van der Waals surface area contributed by atoms with Gasteiger partial charge in [-0.1, -0.05) is 31.4 Å². The maximum absolute atomic E-state index is 14.9. The van der Waals surface area contributed by atoms with Crippen molar-refractivity contribution in [3.63, 3.8) is 0 Å². The lowest BCUT2D eigenvalue weighted by Gasteiger charge is -2.43. The van der Waals surface area contributed by atoms with Crippen LogP contribution in [0.2, 0.25) is 0 Å². The molecule has 0 spiro atoms. The number of aliphatic hydroxyl groups excluding tert-OH is 1. The molecule has 0 aliphatic heterocycles. The molecule has 0 amide bonds. The van der Waals surface area contributed by atoms with E-state index < -0.39 is 42.6 Å². The van der Waals surface area contributed by atoms with Gasteiger partial charge < -0.3 is 5.11 Å². The average molecular weight is 376 g/mol. The van der Waals surface area contributed by atoms with E-state index in [-0.39, 0.29) is 31.6 Å². The lowest BCUT2D eigenvalue weighted by molar-refractivity contribution is -0.0740. The van der Waals surface area contributed by atoms with Crippen molar-refractivity contribution in [2.24, 2.45) is 23.7 Å². The molecule has 0 bridgehead atoms. The van der Waals surface area contributed by atoms with Gasteiger partial charge in [-0.3, -0.25) is 0 Å². The molecule has 0 aromatic rings. The zero-order valence-corrected chi connectivity index (χ0v) is 15.6. The van der Waals surface area contributed by atoms with Crippen LogP contribution in [-0.2, 0) is 0 Å². The zero-order valence-electron chi connectivity index (χ0n) is 15.6. The molecule has 2 fully saturated rings. The van der Waals surface area contributed by atoms with Gasteiger partial charge in [0.25, 0.3) is 0 Å². The average Bonchev–Trinajstić information content (AvgIpc) is 2.60. The molecule has 5 heteroatoms. The van der Waals surface area contributed by atoms with Crippen LogP contribution < -0.4 is 0 Å². The molecule has 3 aliphatic rings. The first-order chi connectivity index (χ1) is 12.4. The number of aliphatic hydroxyl groups is 1. The van der Waals surface area contributed by atoms with Gasteiger partial charge in [-0.2, -0.15) is 0 Å². The van der Waals surface area contributed by atoms with E-state index >= 15 is 0 Å². The van der Waals surface area contributed by atoms with E-state index in [1.165, 1.54) is 18.4 Å². The predicted molar refractivity (Wildman–Crippen MR) is 94.9 cm³/mol. The van der Waals surface area contributed by atoms with E-state index in [9.17, 15) is 22.7 Å². The van der Waals surface area contributed by atoms with Crippen molar-refractivity contribution < 1.29 is 22.7 Å². The van der Waals surface area contributed by atoms with Crippen molar-refractivity contribution in [1.29, 1.82) is 0 Å². The molecule has 0 aromatic heterocycles. The fourth-order valence-corrected chi connectivity index (χ4v) is 5.52. The molecule has 3 rings (SSSR count). The molecule has 0 heterocycles. The smallest absolute Gasteiger partial charge is 0.129 e. The van der Waals surface area contributed by atoms with Crippen LogP contribution in [0.1, 0.15) is 64.7 Å². The lowest BCUT2D eigenvalue weighted by Crippen LogP contribution is -2.48. The van der Waals surface area contributed by atoms with Crippen LogP contribution in [0, 0.1) is 23.7 Å². The molecule has 0 radical (unpaired) electrons. The summed E-state index contributed by atoms with van der Waals surface area (Å²) >= 11 is 0. The highest BCUT2D eigenvalue weighted by Gasteiger charge is 2.48.